The lowest BCUT2D eigenvalue weighted by atomic mass is 9.56. The summed E-state index contributed by atoms with van der Waals surface area (Å²) in [4.78, 5) is 61.6. The molecule has 3 aliphatic carbocycles. The molecule has 68 heavy (non-hydrogen) atoms. The van der Waals surface area contributed by atoms with Gasteiger partial charge in [0.15, 0.2) is 0 Å². The molecule has 4 heterocycles. The van der Waals surface area contributed by atoms with Gasteiger partial charge in [-0.15, -0.1) is 4.99 Å². The van der Waals surface area contributed by atoms with Crippen LogP contribution >= 0.6 is 0 Å². The Hall–Kier alpha value is -8.16. The molecule has 3 amide bonds. The Morgan fingerprint density at radius 1 is 0.779 bits per heavy atom. The Morgan fingerprint density at radius 3 is 1.85 bits per heavy atom. The topological polar surface area (TPSA) is 301 Å². The van der Waals surface area contributed by atoms with Gasteiger partial charge >= 0.3 is 5.90 Å². The predicted octanol–water partition coefficient (Wildman–Crippen LogP) is 3.47. The van der Waals surface area contributed by atoms with Crippen molar-refractivity contribution in [1.29, 1.82) is 10.8 Å². The van der Waals surface area contributed by atoms with Gasteiger partial charge in [-0.05, 0) is 73.1 Å². The van der Waals surface area contributed by atoms with Crippen molar-refractivity contribution in [3.8, 4) is 22.3 Å². The maximum absolute atomic E-state index is 13.4. The van der Waals surface area contributed by atoms with Crippen LogP contribution in [0.25, 0.3) is 22.3 Å². The average Bonchev–Trinajstić information content (AvgIpc) is 3.62. The number of rotatable bonds is 15. The fraction of sp³-hybridized carbons (Fsp3) is 0.333. The largest absolute Gasteiger partial charge is 0.578 e. The van der Waals surface area contributed by atoms with E-state index in [0.29, 0.717) is 24.9 Å². The van der Waals surface area contributed by atoms with Gasteiger partial charge in [-0.3, -0.25) is 34.6 Å². The summed E-state index contributed by atoms with van der Waals surface area (Å²) in [5.74, 6) is -0.0206. The number of carbonyl (C=O) groups is 3. The van der Waals surface area contributed by atoms with Gasteiger partial charge in [0.2, 0.25) is 23.7 Å². The van der Waals surface area contributed by atoms with Gasteiger partial charge in [-0.2, -0.15) is 10.2 Å². The molecule has 6 aromatic rings. The summed E-state index contributed by atoms with van der Waals surface area (Å²) in [5.41, 5.74) is 15.8. The molecule has 0 spiro atoms. The third-order valence-electron chi connectivity index (χ3n) is 13.8. The maximum atomic E-state index is 13.4. The second-order valence-electron chi connectivity index (χ2n) is 18.0. The van der Waals surface area contributed by atoms with Crippen LogP contribution in [-0.2, 0) is 33.5 Å². The second-order valence-corrected chi connectivity index (χ2v) is 18.0. The van der Waals surface area contributed by atoms with Gasteiger partial charge in [0.1, 0.15) is 30.3 Å². The molecule has 0 saturated heterocycles. The number of nitrogens with one attached hydrogen (secondary N) is 4. The Balaban J connectivity index is 0.814. The SMILES string of the molecule is CCN(C)C(=O)Cn1cc(C([OH2+])=NC(=N)C2(c3ccc(-c4cnc(N)nc4)cc3)CC(C3CC3NC(=O)Cn3cc(C(=O)NC(=N)C4(c5ccc(-c6cnc(N)nc6)cc5)CCC4)cn3)C2)cn1. The fourth-order valence-corrected chi connectivity index (χ4v) is 9.32. The summed E-state index contributed by atoms with van der Waals surface area (Å²) in [6.45, 7) is 2.39. The van der Waals surface area contributed by atoms with Gasteiger partial charge in [-0.25, -0.2) is 19.9 Å². The van der Waals surface area contributed by atoms with Gasteiger partial charge < -0.3 is 32.1 Å². The number of hydrogen-bond acceptors (Lipinski definition) is 13. The highest BCUT2D eigenvalue weighted by atomic mass is 16.3. The van der Waals surface area contributed by atoms with E-state index in [4.69, 9.17) is 22.0 Å². The first kappa shape index (κ1) is 45.0. The fourth-order valence-electron chi connectivity index (χ4n) is 9.32. The second kappa shape index (κ2) is 18.3. The molecule has 3 fully saturated rings. The lowest BCUT2D eigenvalue weighted by molar-refractivity contribution is -0.130. The van der Waals surface area contributed by atoms with E-state index in [-0.39, 0.29) is 77.8 Å². The van der Waals surface area contributed by atoms with Crippen molar-refractivity contribution >= 4 is 47.2 Å². The summed E-state index contributed by atoms with van der Waals surface area (Å²) in [7, 11) is 1.72. The number of likely N-dealkylation sites (N-methyl/N-ethyl adjacent to an activating group) is 1. The quantitative estimate of drug-likeness (QED) is 0.0492. The molecule has 20 heteroatoms. The molecule has 348 valence electrons. The Morgan fingerprint density at radius 2 is 1.31 bits per heavy atom. The predicted molar refractivity (Wildman–Crippen MR) is 255 cm³/mol. The van der Waals surface area contributed by atoms with E-state index in [1.54, 1.807) is 42.9 Å². The monoisotopic (exact) mass is 917 g/mol. The van der Waals surface area contributed by atoms with E-state index in [9.17, 15) is 19.8 Å². The van der Waals surface area contributed by atoms with Crippen molar-refractivity contribution in [3.63, 3.8) is 0 Å². The van der Waals surface area contributed by atoms with E-state index in [1.807, 2.05) is 55.5 Å². The van der Waals surface area contributed by atoms with Crippen LogP contribution in [-0.4, -0.2) is 104 Å². The van der Waals surface area contributed by atoms with E-state index in [0.717, 1.165) is 59.1 Å². The van der Waals surface area contributed by atoms with Crippen LogP contribution in [0.3, 0.4) is 0 Å². The number of benzene rings is 2. The minimum Gasteiger partial charge on any atom is -0.578 e. The summed E-state index contributed by atoms with van der Waals surface area (Å²) in [5, 5.41) is 41.6. The first-order chi connectivity index (χ1) is 32.7. The number of nitrogen functional groups attached to an aromatic ring is 2. The molecule has 20 nitrogen and oxygen atoms in total. The molecule has 9 rings (SSSR count). The van der Waals surface area contributed by atoms with Gasteiger partial charge in [0.25, 0.3) is 5.91 Å². The highest BCUT2D eigenvalue weighted by molar-refractivity contribution is 6.09. The van der Waals surface area contributed by atoms with Crippen LogP contribution in [0.2, 0.25) is 0 Å². The van der Waals surface area contributed by atoms with Crippen molar-refractivity contribution in [2.45, 2.75) is 75.4 Å². The summed E-state index contributed by atoms with van der Waals surface area (Å²) in [6.07, 6.45) is 17.0. The number of aromatic nitrogens is 8. The van der Waals surface area contributed by atoms with Crippen molar-refractivity contribution in [2.24, 2.45) is 16.8 Å². The van der Waals surface area contributed by atoms with Crippen molar-refractivity contribution in [1.82, 2.24) is 55.0 Å². The lowest BCUT2D eigenvalue weighted by Crippen LogP contribution is -2.50. The van der Waals surface area contributed by atoms with Crippen LogP contribution in [0.4, 0.5) is 11.9 Å². The van der Waals surface area contributed by atoms with E-state index < -0.39 is 16.7 Å². The first-order valence-corrected chi connectivity index (χ1v) is 22.5. The Bertz CT molecular complexity index is 2900. The maximum Gasteiger partial charge on any atom is 0.369 e. The number of amidine groups is 2. The highest BCUT2D eigenvalue weighted by Crippen LogP contribution is 2.57. The van der Waals surface area contributed by atoms with Crippen molar-refractivity contribution in [2.75, 3.05) is 25.1 Å². The zero-order chi connectivity index (χ0) is 47.7. The molecule has 3 aliphatic rings. The summed E-state index contributed by atoms with van der Waals surface area (Å²) in [6, 6.07) is 15.6. The molecule has 2 aromatic carbocycles. The summed E-state index contributed by atoms with van der Waals surface area (Å²) < 4.78 is 2.89. The minimum atomic E-state index is -0.778. The molecule has 0 aliphatic heterocycles. The molecule has 0 radical (unpaired) electrons. The number of anilines is 2. The number of amides is 3. The van der Waals surface area contributed by atoms with Gasteiger partial charge in [0.05, 0.1) is 28.8 Å². The van der Waals surface area contributed by atoms with Crippen LogP contribution in [0.15, 0.2) is 103 Å². The van der Waals surface area contributed by atoms with Gasteiger partial charge in [0, 0.05) is 67.9 Å². The standard InChI is InChI=1S/C48H52N16O4/c1-3-62(2)40(66)27-64-25-34(23-58-64)42(68)61-44(50)48(36-11-7-29(8-12-36)32-20-55-46(52)56-21-32)16-30(17-48)37-15-38(37)59-39(65)26-63-24-33(22-57-63)41(67)60-43(49)47(13-4-14-47)35-9-5-28(6-10-35)31-18-53-45(51)54-19-31/h5-12,18-25,30,37-38H,3-4,13-17,26-27H2,1-2H3,(H,59,65)(H2,49,60,67)(H2,50,61,68)(H2,51,53,54)(H2,52,55,56)/p+1. The van der Waals surface area contributed by atoms with Gasteiger partial charge in [-0.1, -0.05) is 55.0 Å². The molecule has 10 N–H and O–H groups in total. The zero-order valence-electron chi connectivity index (χ0n) is 37.7. The highest BCUT2D eigenvalue weighted by Gasteiger charge is 2.57. The number of hydrogen-bond donors (Lipinski definition) is 6. The van der Waals surface area contributed by atoms with E-state index >= 15 is 0 Å². The number of nitrogens with zero attached hydrogens (tertiary/aromatic N) is 10. The molecule has 2 unspecified atom stereocenters. The molecular formula is C48H53N16O4+. The third kappa shape index (κ3) is 9.03. The molecule has 0 bridgehead atoms. The molecule has 2 atom stereocenters. The molecule has 4 aromatic heterocycles. The Kier molecular flexibility index (Phi) is 12.1. The lowest BCUT2D eigenvalue weighted by Gasteiger charge is -2.47. The average molecular weight is 918 g/mol. The number of nitrogens with two attached hydrogens (primary N) is 2. The van der Waals surface area contributed by atoms with E-state index in [2.05, 4.69) is 45.8 Å². The van der Waals surface area contributed by atoms with Crippen LogP contribution in [0.1, 0.15) is 72.5 Å². The van der Waals surface area contributed by atoms with Crippen LogP contribution < -0.4 is 22.1 Å². The van der Waals surface area contributed by atoms with Crippen molar-refractivity contribution in [3.05, 3.63) is 120 Å². The van der Waals surface area contributed by atoms with Crippen LogP contribution in [0.5, 0.6) is 0 Å². The van der Waals surface area contributed by atoms with Crippen molar-refractivity contribution < 1.29 is 19.5 Å². The minimum absolute atomic E-state index is 0.0281. The number of aliphatic imine (C=N–C) groups is 1. The van der Waals surface area contributed by atoms with Crippen LogP contribution in [0, 0.1) is 22.7 Å². The molecule has 3 saturated carbocycles. The number of carbonyl (C=O) groups excluding carboxylic acids is 3. The first-order valence-electron chi connectivity index (χ1n) is 22.5. The third-order valence-corrected chi connectivity index (χ3v) is 13.8. The normalized spacial score (nSPS) is 20.3. The smallest absolute Gasteiger partial charge is 0.369 e. The Labute approximate surface area is 391 Å². The summed E-state index contributed by atoms with van der Waals surface area (Å²) >= 11 is 0. The zero-order valence-corrected chi connectivity index (χ0v) is 37.7. The van der Waals surface area contributed by atoms with E-state index in [1.165, 1.54) is 28.0 Å². The molecular weight excluding hydrogens is 865 g/mol.